The lowest BCUT2D eigenvalue weighted by molar-refractivity contribution is -0.192. The highest BCUT2D eigenvalue weighted by atomic mass is 16.6. The van der Waals surface area contributed by atoms with Crippen molar-refractivity contribution < 1.29 is 33.4 Å². The van der Waals surface area contributed by atoms with E-state index in [4.69, 9.17) is 14.2 Å². The number of carbonyl (C=O) groups excluding carboxylic acids is 4. The number of rotatable bonds is 3. The number of nitrogens with zero attached hydrogens (tertiary/aromatic N) is 1. The lowest BCUT2D eigenvalue weighted by atomic mass is 9.79. The van der Waals surface area contributed by atoms with Crippen LogP contribution >= 0.6 is 0 Å². The summed E-state index contributed by atoms with van der Waals surface area (Å²) in [5.74, 6) is -5.68. The van der Waals surface area contributed by atoms with Crippen LogP contribution in [0.2, 0.25) is 0 Å². The van der Waals surface area contributed by atoms with E-state index in [0.717, 1.165) is 19.1 Å². The van der Waals surface area contributed by atoms with Crippen LogP contribution in [0.5, 0.6) is 0 Å². The van der Waals surface area contributed by atoms with Crippen molar-refractivity contribution in [2.75, 3.05) is 21.3 Å². The quantitative estimate of drug-likeness (QED) is 0.433. The smallest absolute Gasteiger partial charge is 0.350 e. The molecule has 0 unspecified atom stereocenters. The standard InChI is InChI=1S/C17H17NO7/c1-18-13(19)10-11(14(18)20)17(15(21)23-2,16(22)24-3)25-12(10)9-7-5-4-6-8-9/h4-8,10-12H,1-3H3/t10-,11-,12-/m0/s1. The molecule has 3 atom stereocenters. The highest BCUT2D eigenvalue weighted by molar-refractivity contribution is 6.15. The van der Waals surface area contributed by atoms with Gasteiger partial charge in [0.1, 0.15) is 5.92 Å². The van der Waals surface area contributed by atoms with Crippen LogP contribution in [0.3, 0.4) is 0 Å². The number of esters is 2. The van der Waals surface area contributed by atoms with E-state index in [0.29, 0.717) is 5.56 Å². The fraction of sp³-hybridized carbons (Fsp3) is 0.412. The first-order valence-electron chi connectivity index (χ1n) is 7.61. The number of amides is 2. The van der Waals surface area contributed by atoms with Crippen LogP contribution in [0.1, 0.15) is 11.7 Å². The van der Waals surface area contributed by atoms with E-state index in [1.54, 1.807) is 30.3 Å². The zero-order valence-electron chi connectivity index (χ0n) is 13.9. The zero-order valence-corrected chi connectivity index (χ0v) is 13.9. The number of fused-ring (bicyclic) bond motifs is 1. The maximum atomic E-state index is 12.6. The molecule has 0 N–H and O–H groups in total. The van der Waals surface area contributed by atoms with Crippen LogP contribution in [0.25, 0.3) is 0 Å². The fourth-order valence-electron chi connectivity index (χ4n) is 3.57. The lowest BCUT2D eigenvalue weighted by Crippen LogP contribution is -2.55. The third kappa shape index (κ3) is 2.17. The second-order valence-corrected chi connectivity index (χ2v) is 5.91. The molecule has 132 valence electrons. The van der Waals surface area contributed by atoms with Gasteiger partial charge >= 0.3 is 11.9 Å². The van der Waals surface area contributed by atoms with Crippen molar-refractivity contribution >= 4 is 23.8 Å². The summed E-state index contributed by atoms with van der Waals surface area (Å²) in [6, 6.07) is 8.63. The molecule has 8 nitrogen and oxygen atoms in total. The van der Waals surface area contributed by atoms with Gasteiger partial charge in [-0.2, -0.15) is 0 Å². The first kappa shape index (κ1) is 17.1. The van der Waals surface area contributed by atoms with E-state index in [-0.39, 0.29) is 0 Å². The predicted octanol–water partition coefficient (Wildman–Crippen LogP) is 0.0737. The number of hydrogen-bond donors (Lipinski definition) is 0. The van der Waals surface area contributed by atoms with Crippen LogP contribution < -0.4 is 0 Å². The molecule has 2 saturated heterocycles. The van der Waals surface area contributed by atoms with Crippen molar-refractivity contribution in [3.05, 3.63) is 35.9 Å². The molecule has 1 aromatic rings. The molecule has 0 radical (unpaired) electrons. The van der Waals surface area contributed by atoms with Crippen molar-refractivity contribution in [3.63, 3.8) is 0 Å². The summed E-state index contributed by atoms with van der Waals surface area (Å²) in [5.41, 5.74) is -1.74. The number of ether oxygens (including phenoxy) is 3. The summed E-state index contributed by atoms with van der Waals surface area (Å²) in [5, 5.41) is 0. The Morgan fingerprint density at radius 3 is 2.12 bits per heavy atom. The Balaban J connectivity index is 2.20. The molecular weight excluding hydrogens is 330 g/mol. The minimum atomic E-state index is -2.31. The van der Waals surface area contributed by atoms with E-state index in [2.05, 4.69) is 0 Å². The zero-order chi connectivity index (χ0) is 18.4. The van der Waals surface area contributed by atoms with Gasteiger partial charge < -0.3 is 14.2 Å². The van der Waals surface area contributed by atoms with Crippen molar-refractivity contribution in [2.24, 2.45) is 11.8 Å². The van der Waals surface area contributed by atoms with Crippen LogP contribution in [-0.2, 0) is 33.4 Å². The monoisotopic (exact) mass is 347 g/mol. The number of benzene rings is 1. The van der Waals surface area contributed by atoms with Crippen LogP contribution in [0.15, 0.2) is 30.3 Å². The van der Waals surface area contributed by atoms with E-state index < -0.39 is 47.3 Å². The third-order valence-corrected chi connectivity index (χ3v) is 4.75. The maximum absolute atomic E-state index is 12.6. The van der Waals surface area contributed by atoms with Gasteiger partial charge in [0.2, 0.25) is 11.8 Å². The number of carbonyl (C=O) groups is 4. The molecule has 2 fully saturated rings. The maximum Gasteiger partial charge on any atom is 0.350 e. The third-order valence-electron chi connectivity index (χ3n) is 4.75. The molecular formula is C17H17NO7. The minimum absolute atomic E-state index is 0.515. The lowest BCUT2D eigenvalue weighted by Gasteiger charge is -2.28. The van der Waals surface area contributed by atoms with E-state index in [1.165, 1.54) is 7.05 Å². The van der Waals surface area contributed by atoms with Gasteiger partial charge in [0.15, 0.2) is 0 Å². The van der Waals surface area contributed by atoms with Gasteiger partial charge in [-0.3, -0.25) is 14.5 Å². The van der Waals surface area contributed by atoms with Gasteiger partial charge in [0, 0.05) is 7.05 Å². The Morgan fingerprint density at radius 2 is 1.60 bits per heavy atom. The normalized spacial score (nSPS) is 27.2. The Hall–Kier alpha value is -2.74. The molecule has 2 amide bonds. The molecule has 25 heavy (non-hydrogen) atoms. The van der Waals surface area contributed by atoms with E-state index in [9.17, 15) is 19.2 Å². The van der Waals surface area contributed by atoms with Crippen molar-refractivity contribution in [1.29, 1.82) is 0 Å². The highest BCUT2D eigenvalue weighted by Gasteiger charge is 2.74. The molecule has 3 rings (SSSR count). The first-order valence-corrected chi connectivity index (χ1v) is 7.61. The summed E-state index contributed by atoms with van der Waals surface area (Å²) < 4.78 is 15.2. The highest BCUT2D eigenvalue weighted by Crippen LogP contribution is 2.53. The molecule has 2 aliphatic heterocycles. The summed E-state index contributed by atoms with van der Waals surface area (Å²) >= 11 is 0. The predicted molar refractivity (Wildman–Crippen MR) is 81.8 cm³/mol. The van der Waals surface area contributed by atoms with Gasteiger partial charge in [-0.05, 0) is 5.56 Å². The molecule has 0 saturated carbocycles. The summed E-state index contributed by atoms with van der Waals surface area (Å²) in [7, 11) is 3.46. The average Bonchev–Trinajstić information content (AvgIpc) is 3.12. The van der Waals surface area contributed by atoms with Crippen LogP contribution in [0.4, 0.5) is 0 Å². The number of hydrogen-bond acceptors (Lipinski definition) is 7. The minimum Gasteiger partial charge on any atom is -0.466 e. The van der Waals surface area contributed by atoms with E-state index in [1.807, 2.05) is 0 Å². The Labute approximate surface area is 143 Å². The van der Waals surface area contributed by atoms with Crippen molar-refractivity contribution in [1.82, 2.24) is 4.90 Å². The summed E-state index contributed by atoms with van der Waals surface area (Å²) in [6.45, 7) is 0. The second-order valence-electron chi connectivity index (χ2n) is 5.91. The molecule has 2 heterocycles. The fourth-order valence-corrected chi connectivity index (χ4v) is 3.57. The Bertz CT molecular complexity index is 729. The van der Waals surface area contributed by atoms with Crippen LogP contribution in [-0.4, -0.2) is 55.5 Å². The molecule has 0 aliphatic carbocycles. The number of imide groups is 1. The average molecular weight is 347 g/mol. The molecule has 0 spiro atoms. The van der Waals surface area contributed by atoms with Gasteiger partial charge in [-0.1, -0.05) is 30.3 Å². The topological polar surface area (TPSA) is 99.2 Å². The molecule has 2 aliphatic rings. The van der Waals surface area contributed by atoms with Gasteiger partial charge in [0.05, 0.1) is 26.2 Å². The summed E-state index contributed by atoms with van der Waals surface area (Å²) in [4.78, 5) is 51.1. The number of methoxy groups -OCH3 is 2. The van der Waals surface area contributed by atoms with Gasteiger partial charge in [0.25, 0.3) is 5.60 Å². The van der Waals surface area contributed by atoms with Crippen LogP contribution in [0, 0.1) is 11.8 Å². The van der Waals surface area contributed by atoms with E-state index >= 15 is 0 Å². The molecule has 0 bridgehead atoms. The second kappa shape index (κ2) is 5.96. The van der Waals surface area contributed by atoms with Crippen molar-refractivity contribution in [2.45, 2.75) is 11.7 Å². The van der Waals surface area contributed by atoms with Gasteiger partial charge in [-0.15, -0.1) is 0 Å². The Morgan fingerprint density at radius 1 is 1.04 bits per heavy atom. The molecule has 1 aromatic carbocycles. The first-order chi connectivity index (χ1) is 11.9. The Kier molecular flexibility index (Phi) is 4.08. The molecule has 8 heteroatoms. The number of likely N-dealkylation sites (tertiary alicyclic amines) is 1. The van der Waals surface area contributed by atoms with Crippen molar-refractivity contribution in [3.8, 4) is 0 Å². The molecule has 0 aromatic heterocycles. The SMILES string of the molecule is COC(=O)C1(C(=O)OC)O[C@@H](c2ccccc2)[C@H]2C(=O)N(C)C(=O)[C@H]21. The largest absolute Gasteiger partial charge is 0.466 e. The van der Waals surface area contributed by atoms with Gasteiger partial charge in [-0.25, -0.2) is 9.59 Å². The summed E-state index contributed by atoms with van der Waals surface area (Å²) in [6.07, 6.45) is -0.953.